The molecule has 1 fully saturated rings. The number of hydrogen-bond donors (Lipinski definition) is 1. The minimum Gasteiger partial charge on any atom is -0.494 e. The van der Waals surface area contributed by atoms with Gasteiger partial charge in [-0.25, -0.2) is 0 Å². The third-order valence-electron chi connectivity index (χ3n) is 2.77. The maximum absolute atomic E-state index is 8.42. The first kappa shape index (κ1) is 11.9. The smallest absolute Gasteiger partial charge is 0.119 e. The molecule has 1 aromatic rings. The van der Waals surface area contributed by atoms with E-state index in [4.69, 9.17) is 10.00 Å². The van der Waals surface area contributed by atoms with E-state index in [-0.39, 0.29) is 0 Å². The highest BCUT2D eigenvalue weighted by atomic mass is 16.5. The largest absolute Gasteiger partial charge is 0.494 e. The van der Waals surface area contributed by atoms with Crippen LogP contribution in [0.1, 0.15) is 31.2 Å². The van der Waals surface area contributed by atoms with Crippen LogP contribution in [-0.2, 0) is 6.54 Å². The van der Waals surface area contributed by atoms with Crippen molar-refractivity contribution < 1.29 is 4.74 Å². The first-order chi connectivity index (χ1) is 8.38. The van der Waals surface area contributed by atoms with Gasteiger partial charge in [0.1, 0.15) is 5.75 Å². The molecular weight excluding hydrogens is 212 g/mol. The Morgan fingerprint density at radius 1 is 1.41 bits per heavy atom. The van der Waals surface area contributed by atoms with Gasteiger partial charge < -0.3 is 10.1 Å². The summed E-state index contributed by atoms with van der Waals surface area (Å²) in [6.45, 7) is 1.53. The topological polar surface area (TPSA) is 45.0 Å². The molecular formula is C14H18N2O. The fourth-order valence-electron chi connectivity index (χ4n) is 1.64. The second-order valence-electron chi connectivity index (χ2n) is 4.41. The summed E-state index contributed by atoms with van der Waals surface area (Å²) in [5, 5.41) is 11.9. The molecule has 0 bridgehead atoms. The average molecular weight is 230 g/mol. The SMILES string of the molecule is N#CCCCOc1cccc(CNC2CC2)c1. The van der Waals surface area contributed by atoms with E-state index in [2.05, 4.69) is 23.5 Å². The number of benzene rings is 1. The molecule has 17 heavy (non-hydrogen) atoms. The van der Waals surface area contributed by atoms with Crippen LogP contribution in [0.3, 0.4) is 0 Å². The van der Waals surface area contributed by atoms with Crippen LogP contribution in [0, 0.1) is 11.3 Å². The molecule has 1 saturated carbocycles. The van der Waals surface area contributed by atoms with E-state index in [0.717, 1.165) is 24.8 Å². The molecule has 1 aliphatic rings. The molecule has 0 spiro atoms. The fourth-order valence-corrected chi connectivity index (χ4v) is 1.64. The average Bonchev–Trinajstić information content (AvgIpc) is 3.17. The number of nitrogens with zero attached hydrogens (tertiary/aromatic N) is 1. The second kappa shape index (κ2) is 6.27. The van der Waals surface area contributed by atoms with Crippen LogP contribution in [0.4, 0.5) is 0 Å². The highest BCUT2D eigenvalue weighted by Gasteiger charge is 2.19. The molecule has 0 aromatic heterocycles. The minimum atomic E-state index is 0.558. The molecule has 1 N–H and O–H groups in total. The highest BCUT2D eigenvalue weighted by molar-refractivity contribution is 5.28. The lowest BCUT2D eigenvalue weighted by Gasteiger charge is -2.07. The van der Waals surface area contributed by atoms with Crippen LogP contribution in [0.25, 0.3) is 0 Å². The Morgan fingerprint density at radius 2 is 2.29 bits per heavy atom. The molecule has 0 amide bonds. The zero-order valence-corrected chi connectivity index (χ0v) is 9.98. The predicted molar refractivity (Wildman–Crippen MR) is 66.6 cm³/mol. The Balaban J connectivity index is 1.76. The van der Waals surface area contributed by atoms with Gasteiger partial charge in [0.15, 0.2) is 0 Å². The third-order valence-corrected chi connectivity index (χ3v) is 2.77. The van der Waals surface area contributed by atoms with E-state index < -0.39 is 0 Å². The van der Waals surface area contributed by atoms with Crippen LogP contribution >= 0.6 is 0 Å². The van der Waals surface area contributed by atoms with Crippen LogP contribution in [0.15, 0.2) is 24.3 Å². The number of unbranched alkanes of at least 4 members (excludes halogenated alkanes) is 1. The lowest BCUT2D eigenvalue weighted by atomic mass is 10.2. The van der Waals surface area contributed by atoms with Crippen molar-refractivity contribution in [2.45, 2.75) is 38.3 Å². The lowest BCUT2D eigenvalue weighted by Crippen LogP contribution is -2.15. The van der Waals surface area contributed by atoms with Gasteiger partial charge in [-0.1, -0.05) is 12.1 Å². The normalized spacial score (nSPS) is 14.3. The van der Waals surface area contributed by atoms with Crippen molar-refractivity contribution in [1.29, 1.82) is 5.26 Å². The molecule has 0 unspecified atom stereocenters. The van der Waals surface area contributed by atoms with Gasteiger partial charge in [0.2, 0.25) is 0 Å². The third kappa shape index (κ3) is 4.46. The molecule has 3 heteroatoms. The quantitative estimate of drug-likeness (QED) is 0.732. The minimum absolute atomic E-state index is 0.558. The Kier molecular flexibility index (Phi) is 4.40. The van der Waals surface area contributed by atoms with Gasteiger partial charge in [0.25, 0.3) is 0 Å². The monoisotopic (exact) mass is 230 g/mol. The van der Waals surface area contributed by atoms with E-state index in [9.17, 15) is 0 Å². The summed E-state index contributed by atoms with van der Waals surface area (Å²) in [5.41, 5.74) is 1.26. The van der Waals surface area contributed by atoms with E-state index in [0.29, 0.717) is 13.0 Å². The Morgan fingerprint density at radius 3 is 3.06 bits per heavy atom. The number of rotatable bonds is 7. The first-order valence-electron chi connectivity index (χ1n) is 6.20. The maximum Gasteiger partial charge on any atom is 0.119 e. The van der Waals surface area contributed by atoms with Crippen LogP contribution in [0.5, 0.6) is 5.75 Å². The Hall–Kier alpha value is -1.53. The van der Waals surface area contributed by atoms with Crippen LogP contribution in [-0.4, -0.2) is 12.6 Å². The summed E-state index contributed by atoms with van der Waals surface area (Å²) in [7, 11) is 0. The van der Waals surface area contributed by atoms with Gasteiger partial charge in [0.05, 0.1) is 12.7 Å². The van der Waals surface area contributed by atoms with Crippen molar-refractivity contribution in [1.82, 2.24) is 5.32 Å². The first-order valence-corrected chi connectivity index (χ1v) is 6.20. The predicted octanol–water partition coefficient (Wildman–Crippen LogP) is 2.62. The summed E-state index contributed by atoms with van der Waals surface area (Å²) in [4.78, 5) is 0. The molecule has 2 rings (SSSR count). The van der Waals surface area contributed by atoms with Crippen LogP contribution in [0.2, 0.25) is 0 Å². The summed E-state index contributed by atoms with van der Waals surface area (Å²) >= 11 is 0. The van der Waals surface area contributed by atoms with Gasteiger partial charge >= 0.3 is 0 Å². The number of hydrogen-bond acceptors (Lipinski definition) is 3. The second-order valence-corrected chi connectivity index (χ2v) is 4.41. The zero-order valence-electron chi connectivity index (χ0n) is 9.98. The van der Waals surface area contributed by atoms with Crippen molar-refractivity contribution in [2.75, 3.05) is 6.61 Å². The van der Waals surface area contributed by atoms with Gasteiger partial charge in [-0.2, -0.15) is 5.26 Å². The molecule has 0 radical (unpaired) electrons. The molecule has 0 aliphatic heterocycles. The fraction of sp³-hybridized carbons (Fsp3) is 0.500. The number of nitrogens with one attached hydrogen (secondary N) is 1. The summed E-state index contributed by atoms with van der Waals surface area (Å²) < 4.78 is 5.59. The van der Waals surface area contributed by atoms with Gasteiger partial charge in [-0.05, 0) is 37.0 Å². The molecule has 0 saturated heterocycles. The van der Waals surface area contributed by atoms with Gasteiger partial charge in [-0.15, -0.1) is 0 Å². The Bertz CT molecular complexity index is 393. The van der Waals surface area contributed by atoms with E-state index in [1.165, 1.54) is 18.4 Å². The molecule has 0 heterocycles. The molecule has 0 atom stereocenters. The molecule has 90 valence electrons. The van der Waals surface area contributed by atoms with E-state index >= 15 is 0 Å². The molecule has 1 aromatic carbocycles. The standard InChI is InChI=1S/C14H18N2O/c15-8-1-2-9-17-14-5-3-4-12(10-14)11-16-13-6-7-13/h3-5,10,13,16H,1-2,6-7,9,11H2. The van der Waals surface area contributed by atoms with Crippen molar-refractivity contribution in [3.63, 3.8) is 0 Å². The van der Waals surface area contributed by atoms with Crippen molar-refractivity contribution in [3.8, 4) is 11.8 Å². The van der Waals surface area contributed by atoms with Gasteiger partial charge in [0, 0.05) is 19.0 Å². The van der Waals surface area contributed by atoms with Crippen molar-refractivity contribution in [3.05, 3.63) is 29.8 Å². The van der Waals surface area contributed by atoms with Gasteiger partial charge in [-0.3, -0.25) is 0 Å². The highest BCUT2D eigenvalue weighted by Crippen LogP contribution is 2.20. The number of ether oxygens (including phenoxy) is 1. The van der Waals surface area contributed by atoms with E-state index in [1.54, 1.807) is 0 Å². The van der Waals surface area contributed by atoms with Crippen molar-refractivity contribution in [2.24, 2.45) is 0 Å². The summed E-state index contributed by atoms with van der Waals surface area (Å²) in [6.07, 6.45) is 3.97. The Labute approximate surface area is 102 Å². The summed E-state index contributed by atoms with van der Waals surface area (Å²) in [6, 6.07) is 11.0. The molecule has 1 aliphatic carbocycles. The van der Waals surface area contributed by atoms with Crippen LogP contribution < -0.4 is 10.1 Å². The maximum atomic E-state index is 8.42. The van der Waals surface area contributed by atoms with E-state index in [1.807, 2.05) is 12.1 Å². The lowest BCUT2D eigenvalue weighted by molar-refractivity contribution is 0.312. The number of nitriles is 1. The van der Waals surface area contributed by atoms with Crippen molar-refractivity contribution >= 4 is 0 Å². The molecule has 3 nitrogen and oxygen atoms in total. The zero-order chi connectivity index (χ0) is 11.9. The summed E-state index contributed by atoms with van der Waals surface area (Å²) in [5.74, 6) is 0.901.